The number of allylic oxidation sites excluding steroid dienone is 1. The van der Waals surface area contributed by atoms with Gasteiger partial charge < -0.3 is 28.7 Å². The Morgan fingerprint density at radius 2 is 1.85 bits per heavy atom. The summed E-state index contributed by atoms with van der Waals surface area (Å²) in [7, 11) is 4.54. The maximum atomic E-state index is 10.5. The number of hydrogen-bond acceptors (Lipinski definition) is 10. The van der Waals surface area contributed by atoms with Crippen LogP contribution in [0, 0.1) is 11.3 Å². The van der Waals surface area contributed by atoms with Crippen LogP contribution in [0.25, 0.3) is 28.1 Å². The highest BCUT2D eigenvalue weighted by molar-refractivity contribution is 7.99. The number of methoxy groups -OCH3 is 3. The van der Waals surface area contributed by atoms with E-state index in [9.17, 15) is 10.4 Å². The predicted octanol–water partition coefficient (Wildman–Crippen LogP) is 4.22. The van der Waals surface area contributed by atoms with Crippen molar-refractivity contribution in [3.05, 3.63) is 48.0 Å². The van der Waals surface area contributed by atoms with Crippen molar-refractivity contribution in [1.82, 2.24) is 20.2 Å². The van der Waals surface area contributed by atoms with Crippen LogP contribution in [0.4, 0.5) is 0 Å². The monoisotopic (exact) mass is 465 g/mol. The minimum absolute atomic E-state index is 0.0385. The van der Waals surface area contributed by atoms with Crippen LogP contribution >= 0.6 is 11.8 Å². The molecule has 0 spiro atoms. The summed E-state index contributed by atoms with van der Waals surface area (Å²) in [5, 5.41) is 28.3. The van der Waals surface area contributed by atoms with Gasteiger partial charge in [-0.2, -0.15) is 5.26 Å². The summed E-state index contributed by atoms with van der Waals surface area (Å²) >= 11 is 1.09. The molecule has 0 atom stereocenters. The fourth-order valence-corrected chi connectivity index (χ4v) is 3.76. The third-order valence-corrected chi connectivity index (χ3v) is 5.51. The molecule has 2 N–H and O–H groups in total. The molecule has 168 valence electrons. The molecule has 4 aromatic rings. The van der Waals surface area contributed by atoms with Gasteiger partial charge >= 0.3 is 0 Å². The van der Waals surface area contributed by atoms with Crippen molar-refractivity contribution in [2.75, 3.05) is 27.1 Å². The number of nitriles is 1. The Labute approximate surface area is 192 Å². The summed E-state index contributed by atoms with van der Waals surface area (Å²) < 4.78 is 21.7. The third-order valence-electron chi connectivity index (χ3n) is 4.68. The largest absolute Gasteiger partial charge is 0.510 e. The first-order valence-electron chi connectivity index (χ1n) is 9.62. The van der Waals surface area contributed by atoms with Crippen LogP contribution in [0.5, 0.6) is 17.2 Å². The molecule has 2 aromatic carbocycles. The normalized spacial score (nSPS) is 11.7. The molecule has 0 aliphatic carbocycles. The number of nitrogens with zero attached hydrogens (tertiary/aromatic N) is 4. The van der Waals surface area contributed by atoms with Crippen molar-refractivity contribution in [1.29, 1.82) is 5.26 Å². The number of thioether (sulfide) groups is 1. The number of imidazole rings is 1. The highest BCUT2D eigenvalue weighted by Gasteiger charge is 2.19. The lowest BCUT2D eigenvalue weighted by atomic mass is 10.2. The highest BCUT2D eigenvalue weighted by atomic mass is 32.2. The number of aromatic amines is 1. The van der Waals surface area contributed by atoms with E-state index in [-0.39, 0.29) is 28.2 Å². The van der Waals surface area contributed by atoms with Crippen LogP contribution in [0.1, 0.15) is 5.82 Å². The molecule has 0 fully saturated rings. The molecule has 0 unspecified atom stereocenters. The molecule has 0 radical (unpaired) electrons. The zero-order valence-electron chi connectivity index (χ0n) is 17.9. The van der Waals surface area contributed by atoms with Gasteiger partial charge in [0.1, 0.15) is 17.4 Å². The summed E-state index contributed by atoms with van der Waals surface area (Å²) in [5.74, 6) is 1.75. The number of aliphatic hydroxyl groups excluding tert-OH is 1. The van der Waals surface area contributed by atoms with Gasteiger partial charge in [-0.3, -0.25) is 0 Å². The van der Waals surface area contributed by atoms with Crippen molar-refractivity contribution >= 4 is 28.4 Å². The van der Waals surface area contributed by atoms with Crippen LogP contribution in [-0.4, -0.2) is 52.4 Å². The molecule has 4 rings (SSSR count). The summed E-state index contributed by atoms with van der Waals surface area (Å²) in [6.45, 7) is 0. The van der Waals surface area contributed by atoms with Crippen molar-refractivity contribution in [3.8, 4) is 34.8 Å². The van der Waals surface area contributed by atoms with E-state index < -0.39 is 0 Å². The van der Waals surface area contributed by atoms with Crippen LogP contribution in [0.15, 0.2) is 51.8 Å². The standard InChI is InChI=1S/C22H19N5O5S/c1-29-17-8-12(9-18(30-2)19(17)31-3)21-26-27-22(32-21)33-11-16(28)13(10-23)20-24-14-6-4-5-7-15(14)25-20/h4-9,28H,11H2,1-3H3,(H,24,25). The number of fused-ring (bicyclic) bond motifs is 1. The average molecular weight is 465 g/mol. The quantitative estimate of drug-likeness (QED) is 0.221. The molecular weight excluding hydrogens is 446 g/mol. The van der Waals surface area contributed by atoms with Crippen molar-refractivity contribution in [2.45, 2.75) is 5.22 Å². The maximum absolute atomic E-state index is 10.5. The number of ether oxygens (including phenoxy) is 3. The minimum atomic E-state index is -0.158. The Kier molecular flexibility index (Phi) is 6.37. The third kappa shape index (κ3) is 4.42. The van der Waals surface area contributed by atoms with Gasteiger partial charge in [-0.1, -0.05) is 23.9 Å². The lowest BCUT2D eigenvalue weighted by molar-refractivity contribution is 0.324. The van der Waals surface area contributed by atoms with Crippen molar-refractivity contribution in [2.24, 2.45) is 0 Å². The van der Waals surface area contributed by atoms with E-state index in [1.54, 1.807) is 12.1 Å². The fourth-order valence-electron chi connectivity index (χ4n) is 3.12. The summed E-state index contributed by atoms with van der Waals surface area (Å²) in [5.41, 5.74) is 2.09. The number of H-pyrrole nitrogens is 1. The fraction of sp³-hybridized carbons (Fsp3) is 0.182. The molecule has 0 amide bonds. The average Bonchev–Trinajstić information content (AvgIpc) is 3.49. The molecule has 11 heteroatoms. The molecule has 0 saturated heterocycles. The van der Waals surface area contributed by atoms with Crippen LogP contribution in [-0.2, 0) is 0 Å². The Balaban J connectivity index is 1.55. The number of aromatic nitrogens is 4. The highest BCUT2D eigenvalue weighted by Crippen LogP contribution is 2.41. The molecule has 0 aliphatic rings. The van der Waals surface area contributed by atoms with Gasteiger partial charge in [-0.05, 0) is 24.3 Å². The summed E-state index contributed by atoms with van der Waals surface area (Å²) in [6.07, 6.45) is 0. The lowest BCUT2D eigenvalue weighted by Crippen LogP contribution is -1.95. The van der Waals surface area contributed by atoms with Crippen LogP contribution < -0.4 is 14.2 Å². The maximum Gasteiger partial charge on any atom is 0.277 e. The van der Waals surface area contributed by atoms with Gasteiger partial charge in [-0.15, -0.1) is 10.2 Å². The van der Waals surface area contributed by atoms with Crippen molar-refractivity contribution in [3.63, 3.8) is 0 Å². The summed E-state index contributed by atoms with van der Waals surface area (Å²) in [6, 6.07) is 12.7. The molecule has 0 saturated carbocycles. The zero-order chi connectivity index (χ0) is 23.4. The Hall–Kier alpha value is -4.17. The van der Waals surface area contributed by atoms with Gasteiger partial charge in [0.05, 0.1) is 38.1 Å². The van der Waals surface area contributed by atoms with Gasteiger partial charge in [-0.25, -0.2) is 4.98 Å². The van der Waals surface area contributed by atoms with Crippen LogP contribution in [0.3, 0.4) is 0 Å². The van der Waals surface area contributed by atoms with Gasteiger partial charge in [0.15, 0.2) is 17.3 Å². The smallest absolute Gasteiger partial charge is 0.277 e. The number of benzene rings is 2. The Morgan fingerprint density at radius 1 is 1.12 bits per heavy atom. The topological polar surface area (TPSA) is 139 Å². The van der Waals surface area contributed by atoms with Gasteiger partial charge in [0, 0.05) is 5.56 Å². The second kappa shape index (κ2) is 9.54. The molecule has 10 nitrogen and oxygen atoms in total. The Morgan fingerprint density at radius 3 is 2.48 bits per heavy atom. The van der Waals surface area contributed by atoms with E-state index in [0.717, 1.165) is 17.3 Å². The second-order valence-corrected chi connectivity index (χ2v) is 7.54. The zero-order valence-corrected chi connectivity index (χ0v) is 18.8. The van der Waals surface area contributed by atoms with E-state index in [2.05, 4.69) is 20.2 Å². The molecule has 2 heterocycles. The number of rotatable bonds is 8. The molecule has 0 bridgehead atoms. The number of nitrogens with one attached hydrogen (secondary N) is 1. The first-order valence-corrected chi connectivity index (χ1v) is 10.6. The Bertz CT molecular complexity index is 1310. The van der Waals surface area contributed by atoms with E-state index in [1.165, 1.54) is 21.3 Å². The van der Waals surface area contributed by atoms with Crippen molar-refractivity contribution < 1.29 is 23.7 Å². The van der Waals surface area contributed by atoms with Crippen LogP contribution in [0.2, 0.25) is 0 Å². The molecule has 0 aliphatic heterocycles. The molecular formula is C22H19N5O5S. The first-order chi connectivity index (χ1) is 16.1. The van der Waals surface area contributed by atoms with E-state index in [4.69, 9.17) is 18.6 Å². The van der Waals surface area contributed by atoms with E-state index >= 15 is 0 Å². The molecule has 2 aromatic heterocycles. The minimum Gasteiger partial charge on any atom is -0.510 e. The second-order valence-electron chi connectivity index (χ2n) is 6.61. The van der Waals surface area contributed by atoms with E-state index in [1.807, 2.05) is 30.3 Å². The number of aliphatic hydroxyl groups is 1. The number of hydrogen-bond donors (Lipinski definition) is 2. The SMILES string of the molecule is COc1cc(-c2nnc(SCC(O)=C(C#N)c3nc4ccccc4[nH]3)o2)cc(OC)c1OC. The lowest BCUT2D eigenvalue weighted by Gasteiger charge is -2.12. The van der Waals surface area contributed by atoms with E-state index in [0.29, 0.717) is 34.2 Å². The van der Waals surface area contributed by atoms with Gasteiger partial charge in [0.2, 0.25) is 11.6 Å². The summed E-state index contributed by atoms with van der Waals surface area (Å²) in [4.78, 5) is 7.40. The first kappa shape index (κ1) is 22.0. The predicted molar refractivity (Wildman–Crippen MR) is 121 cm³/mol. The molecule has 33 heavy (non-hydrogen) atoms. The number of para-hydroxylation sites is 2. The van der Waals surface area contributed by atoms with Gasteiger partial charge in [0.25, 0.3) is 5.22 Å².